The van der Waals surface area contributed by atoms with Crippen molar-refractivity contribution in [2.75, 3.05) is 18.6 Å². The number of rotatable bonds is 6. The van der Waals surface area contributed by atoms with Crippen molar-refractivity contribution in [2.24, 2.45) is 0 Å². The minimum atomic E-state index is -0.392. The lowest BCUT2D eigenvalue weighted by atomic mass is 10.1. The van der Waals surface area contributed by atoms with Crippen molar-refractivity contribution >= 4 is 11.8 Å². The van der Waals surface area contributed by atoms with E-state index in [2.05, 4.69) is 12.2 Å². The van der Waals surface area contributed by atoms with Gasteiger partial charge in [-0.1, -0.05) is 6.92 Å². The number of thioether (sulfide) groups is 1. The van der Waals surface area contributed by atoms with E-state index in [0.717, 1.165) is 24.0 Å². The van der Waals surface area contributed by atoms with Gasteiger partial charge < -0.3 is 5.32 Å². The molecule has 1 unspecified atom stereocenters. The predicted molar refractivity (Wildman–Crippen MR) is 65.8 cm³/mol. The Balaban J connectivity index is 2.73. The van der Waals surface area contributed by atoms with Gasteiger partial charge in [0.15, 0.2) is 0 Å². The molecule has 0 heterocycles. The van der Waals surface area contributed by atoms with E-state index in [0.29, 0.717) is 5.56 Å². The van der Waals surface area contributed by atoms with Gasteiger partial charge in [0.2, 0.25) is 0 Å². The van der Waals surface area contributed by atoms with Crippen LogP contribution in [0.4, 0.5) is 8.78 Å². The van der Waals surface area contributed by atoms with Gasteiger partial charge in [-0.15, -0.1) is 0 Å². The lowest BCUT2D eigenvalue weighted by molar-refractivity contribution is 0.549. The molecular weight excluding hydrogens is 228 g/mol. The van der Waals surface area contributed by atoms with Gasteiger partial charge in [0, 0.05) is 17.4 Å². The van der Waals surface area contributed by atoms with Gasteiger partial charge in [0.25, 0.3) is 0 Å². The van der Waals surface area contributed by atoms with Crippen molar-refractivity contribution in [1.29, 1.82) is 0 Å². The molecule has 0 aliphatic rings. The van der Waals surface area contributed by atoms with Crippen LogP contribution in [0.3, 0.4) is 0 Å². The van der Waals surface area contributed by atoms with Gasteiger partial charge in [-0.05, 0) is 37.4 Å². The molecule has 16 heavy (non-hydrogen) atoms. The number of nitrogens with one attached hydrogen (secondary N) is 1. The fourth-order valence-electron chi connectivity index (χ4n) is 1.46. The van der Waals surface area contributed by atoms with Crippen LogP contribution < -0.4 is 5.32 Å². The maximum Gasteiger partial charge on any atom is 0.128 e. The molecule has 1 atom stereocenters. The molecule has 0 radical (unpaired) electrons. The minimum absolute atomic E-state index is 0.132. The fraction of sp³-hybridized carbons (Fsp3) is 0.500. The van der Waals surface area contributed by atoms with E-state index < -0.39 is 5.82 Å². The first-order chi connectivity index (χ1) is 7.69. The lowest BCUT2D eigenvalue weighted by Gasteiger charge is -2.16. The molecule has 0 aliphatic carbocycles. The van der Waals surface area contributed by atoms with Gasteiger partial charge in [-0.25, -0.2) is 8.78 Å². The Labute approximate surface area is 99.6 Å². The van der Waals surface area contributed by atoms with Crippen LogP contribution >= 0.6 is 11.8 Å². The molecule has 0 spiro atoms. The van der Waals surface area contributed by atoms with E-state index in [1.165, 1.54) is 12.1 Å². The third-order valence-electron chi connectivity index (χ3n) is 2.31. The summed E-state index contributed by atoms with van der Waals surface area (Å²) in [5, 5.41) is 3.02. The first-order valence-corrected chi connectivity index (χ1v) is 6.54. The van der Waals surface area contributed by atoms with Crippen LogP contribution in [0.2, 0.25) is 0 Å². The Kier molecular flexibility index (Phi) is 5.77. The van der Waals surface area contributed by atoms with Crippen LogP contribution in [0, 0.1) is 11.6 Å². The van der Waals surface area contributed by atoms with Gasteiger partial charge in [0.05, 0.1) is 0 Å². The monoisotopic (exact) mass is 245 g/mol. The summed E-state index contributed by atoms with van der Waals surface area (Å²) in [5.74, 6) is 1.05. The smallest absolute Gasteiger partial charge is 0.128 e. The second-order valence-electron chi connectivity index (χ2n) is 3.58. The summed E-state index contributed by atoms with van der Waals surface area (Å²) in [6.45, 7) is 2.10. The zero-order valence-corrected chi connectivity index (χ0v) is 10.4. The second-order valence-corrected chi connectivity index (χ2v) is 4.73. The van der Waals surface area contributed by atoms with Crippen molar-refractivity contribution in [3.8, 4) is 0 Å². The minimum Gasteiger partial charge on any atom is -0.312 e. The van der Waals surface area contributed by atoms with Gasteiger partial charge in [-0.3, -0.25) is 0 Å². The van der Waals surface area contributed by atoms with Crippen molar-refractivity contribution in [3.63, 3.8) is 0 Å². The highest BCUT2D eigenvalue weighted by Gasteiger charge is 2.14. The maximum absolute atomic E-state index is 13.5. The van der Waals surface area contributed by atoms with Crippen LogP contribution in [0.25, 0.3) is 0 Å². The third kappa shape index (κ3) is 3.76. The maximum atomic E-state index is 13.5. The summed E-state index contributed by atoms with van der Waals surface area (Å²) in [5.41, 5.74) is 0.408. The highest BCUT2D eigenvalue weighted by molar-refractivity contribution is 7.99. The number of hydrogen-bond acceptors (Lipinski definition) is 2. The van der Waals surface area contributed by atoms with E-state index in [9.17, 15) is 8.78 Å². The number of benzene rings is 1. The standard InChI is InChI=1S/C12H17F2NS/c1-3-6-16-8-12(15-2)10-7-9(13)4-5-11(10)14/h4-5,7,12,15H,3,6,8H2,1-2H3. The lowest BCUT2D eigenvalue weighted by Crippen LogP contribution is -2.20. The normalized spacial score (nSPS) is 12.8. The molecule has 1 nitrogen and oxygen atoms in total. The Morgan fingerprint density at radius 2 is 2.12 bits per heavy atom. The molecule has 1 aromatic carbocycles. The summed E-state index contributed by atoms with van der Waals surface area (Å²) >= 11 is 1.74. The molecule has 0 aliphatic heterocycles. The van der Waals surface area contributed by atoms with Crippen molar-refractivity contribution in [3.05, 3.63) is 35.4 Å². The zero-order chi connectivity index (χ0) is 12.0. The molecule has 4 heteroatoms. The van der Waals surface area contributed by atoms with E-state index in [4.69, 9.17) is 0 Å². The van der Waals surface area contributed by atoms with E-state index in [1.54, 1.807) is 18.8 Å². The topological polar surface area (TPSA) is 12.0 Å². The van der Waals surface area contributed by atoms with Gasteiger partial charge in [-0.2, -0.15) is 11.8 Å². The third-order valence-corrected chi connectivity index (χ3v) is 3.58. The average Bonchev–Trinajstić information content (AvgIpc) is 2.28. The molecule has 0 fully saturated rings. The van der Waals surface area contributed by atoms with Crippen molar-refractivity contribution in [2.45, 2.75) is 19.4 Å². The Morgan fingerprint density at radius 3 is 2.75 bits per heavy atom. The van der Waals surface area contributed by atoms with Crippen molar-refractivity contribution < 1.29 is 8.78 Å². The highest BCUT2D eigenvalue weighted by atomic mass is 32.2. The van der Waals surface area contributed by atoms with Crippen LogP contribution in [-0.4, -0.2) is 18.6 Å². The van der Waals surface area contributed by atoms with E-state index in [1.807, 2.05) is 0 Å². The molecular formula is C12H17F2NS. The summed E-state index contributed by atoms with van der Waals surface area (Å²) in [6.07, 6.45) is 1.09. The number of halogens is 2. The summed E-state index contributed by atoms with van der Waals surface area (Å²) in [6, 6.07) is 3.46. The Morgan fingerprint density at radius 1 is 1.38 bits per heavy atom. The largest absolute Gasteiger partial charge is 0.312 e. The Hall–Kier alpha value is -0.610. The first kappa shape index (κ1) is 13.5. The summed E-state index contributed by atoms with van der Waals surface area (Å²) < 4.78 is 26.5. The van der Waals surface area contributed by atoms with Crippen LogP contribution in [0.1, 0.15) is 24.9 Å². The average molecular weight is 245 g/mol. The van der Waals surface area contributed by atoms with Crippen LogP contribution in [0.15, 0.2) is 18.2 Å². The van der Waals surface area contributed by atoms with Crippen molar-refractivity contribution in [1.82, 2.24) is 5.32 Å². The molecule has 1 rings (SSSR count). The zero-order valence-electron chi connectivity index (χ0n) is 9.59. The molecule has 0 bridgehead atoms. The van der Waals surface area contributed by atoms with Crippen LogP contribution in [0.5, 0.6) is 0 Å². The predicted octanol–water partition coefficient (Wildman–Crippen LogP) is 3.37. The molecule has 1 aromatic rings. The SMILES string of the molecule is CCCSCC(NC)c1cc(F)ccc1F. The molecule has 0 saturated heterocycles. The molecule has 0 amide bonds. The molecule has 90 valence electrons. The van der Waals surface area contributed by atoms with Crippen LogP contribution in [-0.2, 0) is 0 Å². The number of hydrogen-bond donors (Lipinski definition) is 1. The first-order valence-electron chi connectivity index (χ1n) is 5.39. The molecule has 1 N–H and O–H groups in total. The second kappa shape index (κ2) is 6.86. The highest BCUT2D eigenvalue weighted by Crippen LogP contribution is 2.22. The van der Waals surface area contributed by atoms with E-state index >= 15 is 0 Å². The molecule has 0 aromatic heterocycles. The summed E-state index contributed by atoms with van der Waals surface area (Å²) in [4.78, 5) is 0. The summed E-state index contributed by atoms with van der Waals surface area (Å²) in [7, 11) is 1.77. The van der Waals surface area contributed by atoms with E-state index in [-0.39, 0.29) is 11.9 Å². The quantitative estimate of drug-likeness (QED) is 0.771. The molecule has 0 saturated carbocycles. The van der Waals surface area contributed by atoms with Gasteiger partial charge >= 0.3 is 0 Å². The fourth-order valence-corrected chi connectivity index (χ4v) is 2.49. The van der Waals surface area contributed by atoms with Gasteiger partial charge in [0.1, 0.15) is 11.6 Å². The Bertz CT molecular complexity index is 331.